The van der Waals surface area contributed by atoms with Crippen LogP contribution in [-0.2, 0) is 5.41 Å². The Bertz CT molecular complexity index is 2050. The van der Waals surface area contributed by atoms with E-state index in [9.17, 15) is 0 Å². The van der Waals surface area contributed by atoms with Crippen molar-refractivity contribution < 1.29 is 0 Å². The molecule has 8 rings (SSSR count). The number of pyridine rings is 1. The second-order valence-corrected chi connectivity index (χ2v) is 12.1. The van der Waals surface area contributed by atoms with Crippen molar-refractivity contribution >= 4 is 0 Å². The third-order valence-corrected chi connectivity index (χ3v) is 9.04. The van der Waals surface area contributed by atoms with Crippen molar-refractivity contribution in [2.45, 2.75) is 19.3 Å². The van der Waals surface area contributed by atoms with E-state index in [1.807, 2.05) is 18.3 Å². The van der Waals surface area contributed by atoms with Gasteiger partial charge >= 0.3 is 0 Å². The van der Waals surface area contributed by atoms with Crippen molar-refractivity contribution in [2.24, 2.45) is 0 Å². The van der Waals surface area contributed by atoms with Crippen LogP contribution in [0.25, 0.3) is 67.3 Å². The number of fused-ring (bicyclic) bond motifs is 3. The molecule has 2 aromatic heterocycles. The lowest BCUT2D eigenvalue weighted by Crippen LogP contribution is -2.14. The molecule has 1 aliphatic carbocycles. The van der Waals surface area contributed by atoms with Crippen molar-refractivity contribution in [2.75, 3.05) is 0 Å². The summed E-state index contributed by atoms with van der Waals surface area (Å²) in [4.78, 5) is 14.7. The van der Waals surface area contributed by atoms with Crippen LogP contribution in [0.5, 0.6) is 0 Å². The lowest BCUT2D eigenvalue weighted by Gasteiger charge is -2.21. The summed E-state index contributed by atoms with van der Waals surface area (Å²) in [7, 11) is 0. The van der Waals surface area contributed by atoms with Crippen LogP contribution in [0.15, 0.2) is 152 Å². The molecule has 0 atom stereocenters. The number of nitrogens with zero attached hydrogens (tertiary/aromatic N) is 3. The van der Waals surface area contributed by atoms with Gasteiger partial charge in [0, 0.05) is 34.5 Å². The van der Waals surface area contributed by atoms with E-state index < -0.39 is 0 Å². The molecule has 7 aromatic rings. The molecule has 0 aliphatic heterocycles. The van der Waals surface area contributed by atoms with Gasteiger partial charge in [-0.1, -0.05) is 141 Å². The van der Waals surface area contributed by atoms with Gasteiger partial charge in [-0.05, 0) is 56.6 Å². The van der Waals surface area contributed by atoms with Gasteiger partial charge in [0.2, 0.25) is 0 Å². The molecule has 5 aromatic carbocycles. The summed E-state index contributed by atoms with van der Waals surface area (Å²) in [6.45, 7) is 4.63. The van der Waals surface area contributed by atoms with Gasteiger partial charge in [-0.15, -0.1) is 0 Å². The van der Waals surface area contributed by atoms with Crippen molar-refractivity contribution in [1.29, 1.82) is 0 Å². The smallest absolute Gasteiger partial charge is 0.160 e. The van der Waals surface area contributed by atoms with Crippen molar-refractivity contribution in [3.05, 3.63) is 163 Å². The average molecular weight is 578 g/mol. The molecular weight excluding hydrogens is 546 g/mol. The quantitative estimate of drug-likeness (QED) is 0.204. The summed E-state index contributed by atoms with van der Waals surface area (Å²) < 4.78 is 0. The maximum Gasteiger partial charge on any atom is 0.160 e. The maximum atomic E-state index is 5.25. The molecule has 214 valence electrons. The second-order valence-electron chi connectivity index (χ2n) is 12.1. The summed E-state index contributed by atoms with van der Waals surface area (Å²) in [5, 5.41) is 0. The largest absolute Gasteiger partial charge is 0.264 e. The normalized spacial score (nSPS) is 12.8. The van der Waals surface area contributed by atoms with E-state index in [-0.39, 0.29) is 5.41 Å². The van der Waals surface area contributed by atoms with Crippen LogP contribution in [0.4, 0.5) is 0 Å². The molecule has 0 saturated heterocycles. The third kappa shape index (κ3) is 4.74. The Hall–Kier alpha value is -5.67. The monoisotopic (exact) mass is 577 g/mol. The predicted octanol–water partition coefficient (Wildman–Crippen LogP) is 10.5. The van der Waals surface area contributed by atoms with Crippen LogP contribution < -0.4 is 0 Å². The van der Waals surface area contributed by atoms with E-state index in [0.29, 0.717) is 5.82 Å². The Morgan fingerprint density at radius 1 is 0.444 bits per heavy atom. The molecule has 0 spiro atoms. The first kappa shape index (κ1) is 26.9. The summed E-state index contributed by atoms with van der Waals surface area (Å²) in [6, 6.07) is 49.2. The zero-order valence-electron chi connectivity index (χ0n) is 25.3. The van der Waals surface area contributed by atoms with Crippen LogP contribution in [0.3, 0.4) is 0 Å². The molecule has 3 heteroatoms. The summed E-state index contributed by atoms with van der Waals surface area (Å²) in [6.07, 6.45) is 3.69. The first-order valence-corrected chi connectivity index (χ1v) is 15.4. The average Bonchev–Trinajstić information content (AvgIpc) is 3.35. The van der Waals surface area contributed by atoms with Crippen molar-refractivity contribution in [1.82, 2.24) is 15.0 Å². The molecule has 45 heavy (non-hydrogen) atoms. The van der Waals surface area contributed by atoms with Gasteiger partial charge in [-0.25, -0.2) is 9.97 Å². The molecule has 0 radical (unpaired) electrons. The molecule has 0 N–H and O–H groups in total. The molecule has 0 bridgehead atoms. The van der Waals surface area contributed by atoms with Crippen LogP contribution >= 0.6 is 0 Å². The SMILES string of the molecule is CC1(C)c2ccccc2-c2c(-c3cc(-c4ccc(-c5cccnc5)cc4)nc(-c4ccc(-c5ccccc5)cc4)n3)cccc21. The number of hydrogen-bond acceptors (Lipinski definition) is 3. The minimum Gasteiger partial charge on any atom is -0.264 e. The van der Waals surface area contributed by atoms with Gasteiger partial charge in [0.25, 0.3) is 0 Å². The minimum atomic E-state index is -0.0873. The van der Waals surface area contributed by atoms with Crippen LogP contribution in [-0.4, -0.2) is 15.0 Å². The molecule has 2 heterocycles. The minimum absolute atomic E-state index is 0.0873. The van der Waals surface area contributed by atoms with E-state index in [2.05, 4.69) is 146 Å². The lowest BCUT2D eigenvalue weighted by atomic mass is 9.82. The third-order valence-electron chi connectivity index (χ3n) is 9.04. The van der Waals surface area contributed by atoms with Gasteiger partial charge in [0.1, 0.15) is 0 Å². The number of aromatic nitrogens is 3. The summed E-state index contributed by atoms with van der Waals surface area (Å²) >= 11 is 0. The molecule has 0 amide bonds. The first-order valence-electron chi connectivity index (χ1n) is 15.4. The van der Waals surface area contributed by atoms with Gasteiger partial charge in [0.05, 0.1) is 11.4 Å². The Labute approximate surface area is 264 Å². The highest BCUT2D eigenvalue weighted by Gasteiger charge is 2.36. The van der Waals surface area contributed by atoms with Gasteiger partial charge in [-0.2, -0.15) is 0 Å². The molecule has 1 aliphatic rings. The van der Waals surface area contributed by atoms with Gasteiger partial charge in [-0.3, -0.25) is 4.98 Å². The second kappa shape index (κ2) is 10.8. The lowest BCUT2D eigenvalue weighted by molar-refractivity contribution is 0.660. The van der Waals surface area contributed by atoms with Crippen molar-refractivity contribution in [3.63, 3.8) is 0 Å². The molecule has 0 saturated carbocycles. The zero-order chi connectivity index (χ0) is 30.4. The van der Waals surface area contributed by atoms with Crippen LogP contribution in [0.2, 0.25) is 0 Å². The number of hydrogen-bond donors (Lipinski definition) is 0. The molecular formula is C42H31N3. The Morgan fingerprint density at radius 2 is 1.02 bits per heavy atom. The Morgan fingerprint density at radius 3 is 1.78 bits per heavy atom. The van der Waals surface area contributed by atoms with Gasteiger partial charge in [0.15, 0.2) is 5.82 Å². The van der Waals surface area contributed by atoms with E-state index in [1.54, 1.807) is 6.20 Å². The molecule has 0 fully saturated rings. The zero-order valence-corrected chi connectivity index (χ0v) is 25.3. The topological polar surface area (TPSA) is 38.7 Å². The highest BCUT2D eigenvalue weighted by molar-refractivity contribution is 5.92. The van der Waals surface area contributed by atoms with Crippen molar-refractivity contribution in [3.8, 4) is 67.3 Å². The fraction of sp³-hybridized carbons (Fsp3) is 0.0714. The maximum absolute atomic E-state index is 5.25. The van der Waals surface area contributed by atoms with E-state index >= 15 is 0 Å². The van der Waals surface area contributed by atoms with Gasteiger partial charge < -0.3 is 0 Å². The molecule has 0 unspecified atom stereocenters. The highest BCUT2D eigenvalue weighted by Crippen LogP contribution is 2.52. The number of rotatable bonds is 5. The predicted molar refractivity (Wildman–Crippen MR) is 185 cm³/mol. The standard InChI is InChI=1S/C42H31N3/c1-42(2)36-15-7-6-13-34(36)40-35(14-8-16-37(40)42)39-26-38(31-21-17-30(18-22-31)33-12-9-25-43-27-33)44-41(45-39)32-23-19-29(20-24-32)28-10-4-3-5-11-28/h3-27H,1-2H3. The first-order chi connectivity index (χ1) is 22.1. The number of benzene rings is 5. The van der Waals surface area contributed by atoms with E-state index in [0.717, 1.165) is 39.2 Å². The van der Waals surface area contributed by atoms with E-state index in [4.69, 9.17) is 9.97 Å². The summed E-state index contributed by atoms with van der Waals surface area (Å²) in [5.41, 5.74) is 14.7. The van der Waals surface area contributed by atoms with Crippen LogP contribution in [0, 0.1) is 0 Å². The highest BCUT2D eigenvalue weighted by atomic mass is 14.9. The molecule has 3 nitrogen and oxygen atoms in total. The fourth-order valence-electron chi connectivity index (χ4n) is 6.64. The van der Waals surface area contributed by atoms with E-state index in [1.165, 1.54) is 33.4 Å². The summed E-state index contributed by atoms with van der Waals surface area (Å²) in [5.74, 6) is 0.710. The Kier molecular flexibility index (Phi) is 6.46. The Balaban J connectivity index is 1.29. The fourth-order valence-corrected chi connectivity index (χ4v) is 6.64. The van der Waals surface area contributed by atoms with Crippen LogP contribution in [0.1, 0.15) is 25.0 Å².